The van der Waals surface area contributed by atoms with Crippen LogP contribution in [0.15, 0.2) is 71.1 Å². The molecule has 2 heterocycles. The van der Waals surface area contributed by atoms with Crippen molar-refractivity contribution in [3.8, 4) is 11.3 Å². The Kier molecular flexibility index (Phi) is 5.53. The van der Waals surface area contributed by atoms with Gasteiger partial charge in [-0.15, -0.1) is 11.3 Å². The molecule has 1 amide bonds. The first-order chi connectivity index (χ1) is 12.2. The lowest BCUT2D eigenvalue weighted by Gasteiger charge is -2.07. The van der Waals surface area contributed by atoms with Crippen molar-refractivity contribution in [1.29, 1.82) is 0 Å². The minimum absolute atomic E-state index is 0.141. The first-order valence-electron chi connectivity index (χ1n) is 7.84. The van der Waals surface area contributed by atoms with Gasteiger partial charge >= 0.3 is 0 Å². The molecule has 3 rings (SSSR count). The first-order valence-corrected chi connectivity index (χ1v) is 8.72. The van der Waals surface area contributed by atoms with Crippen molar-refractivity contribution in [3.05, 3.63) is 81.5 Å². The van der Waals surface area contributed by atoms with E-state index in [9.17, 15) is 9.59 Å². The van der Waals surface area contributed by atoms with E-state index in [0.29, 0.717) is 18.8 Å². The van der Waals surface area contributed by atoms with E-state index < -0.39 is 0 Å². The molecule has 0 bridgehead atoms. The molecule has 5 nitrogen and oxygen atoms in total. The summed E-state index contributed by atoms with van der Waals surface area (Å²) in [6.07, 6.45) is 4.77. The lowest BCUT2D eigenvalue weighted by atomic mass is 10.1. The van der Waals surface area contributed by atoms with E-state index in [0.717, 1.165) is 10.4 Å². The molecule has 0 aliphatic carbocycles. The minimum atomic E-state index is -0.185. The fourth-order valence-electron chi connectivity index (χ4n) is 2.26. The third kappa shape index (κ3) is 4.74. The second-order valence-electron chi connectivity index (χ2n) is 5.31. The molecule has 2 aromatic heterocycles. The van der Waals surface area contributed by atoms with E-state index in [1.165, 1.54) is 23.0 Å². The molecule has 0 fully saturated rings. The highest BCUT2D eigenvalue weighted by Crippen LogP contribution is 2.13. The largest absolute Gasteiger partial charge is 0.351 e. The molecule has 0 aliphatic rings. The van der Waals surface area contributed by atoms with Gasteiger partial charge in [0.15, 0.2) is 0 Å². The van der Waals surface area contributed by atoms with E-state index >= 15 is 0 Å². The second-order valence-corrected chi connectivity index (χ2v) is 6.29. The molecule has 0 aliphatic heterocycles. The predicted octanol–water partition coefficient (Wildman–Crippen LogP) is 2.80. The Morgan fingerprint density at radius 3 is 2.76 bits per heavy atom. The summed E-state index contributed by atoms with van der Waals surface area (Å²) in [7, 11) is 0. The van der Waals surface area contributed by atoms with Crippen molar-refractivity contribution in [2.75, 3.05) is 6.54 Å². The van der Waals surface area contributed by atoms with Gasteiger partial charge < -0.3 is 5.32 Å². The molecule has 6 heteroatoms. The fraction of sp³-hybridized carbons (Fsp3) is 0.105. The Balaban J connectivity index is 1.55. The summed E-state index contributed by atoms with van der Waals surface area (Å²) in [5.74, 6) is -0.185. The summed E-state index contributed by atoms with van der Waals surface area (Å²) < 4.78 is 1.48. The van der Waals surface area contributed by atoms with Gasteiger partial charge in [0, 0.05) is 35.7 Å². The molecule has 0 atom stereocenters. The van der Waals surface area contributed by atoms with Gasteiger partial charge in [-0.25, -0.2) is 4.98 Å². The highest BCUT2D eigenvalue weighted by Gasteiger charge is 2.03. The summed E-state index contributed by atoms with van der Waals surface area (Å²) in [6.45, 7) is 0.735. The molecule has 3 aromatic rings. The minimum Gasteiger partial charge on any atom is -0.351 e. The van der Waals surface area contributed by atoms with Gasteiger partial charge in [-0.1, -0.05) is 36.4 Å². The van der Waals surface area contributed by atoms with Gasteiger partial charge in [0.05, 0.1) is 12.0 Å². The van der Waals surface area contributed by atoms with E-state index in [-0.39, 0.29) is 11.5 Å². The Morgan fingerprint density at radius 1 is 1.20 bits per heavy atom. The van der Waals surface area contributed by atoms with Crippen LogP contribution in [0.4, 0.5) is 0 Å². The van der Waals surface area contributed by atoms with Gasteiger partial charge in [-0.3, -0.25) is 14.2 Å². The Labute approximate surface area is 149 Å². The molecule has 126 valence electrons. The van der Waals surface area contributed by atoms with Gasteiger partial charge in [-0.2, -0.15) is 0 Å². The third-order valence-corrected chi connectivity index (χ3v) is 4.38. The average Bonchev–Trinajstić information content (AvgIpc) is 3.16. The molecule has 0 unspecified atom stereocenters. The smallest absolute Gasteiger partial charge is 0.253 e. The zero-order chi connectivity index (χ0) is 17.5. The van der Waals surface area contributed by atoms with Crippen molar-refractivity contribution in [1.82, 2.24) is 14.9 Å². The molecule has 1 N–H and O–H groups in total. The van der Waals surface area contributed by atoms with Crippen LogP contribution in [-0.2, 0) is 11.3 Å². The number of thiophene rings is 1. The van der Waals surface area contributed by atoms with Crippen molar-refractivity contribution in [2.24, 2.45) is 0 Å². The predicted molar refractivity (Wildman–Crippen MR) is 100 cm³/mol. The van der Waals surface area contributed by atoms with Gasteiger partial charge in [0.2, 0.25) is 5.91 Å². The maximum Gasteiger partial charge on any atom is 0.253 e. The van der Waals surface area contributed by atoms with Crippen LogP contribution < -0.4 is 10.9 Å². The Bertz CT molecular complexity index is 915. The molecule has 0 spiro atoms. The summed E-state index contributed by atoms with van der Waals surface area (Å²) in [5.41, 5.74) is 1.40. The van der Waals surface area contributed by atoms with Crippen LogP contribution in [0.3, 0.4) is 0 Å². The number of amides is 1. The van der Waals surface area contributed by atoms with Crippen LogP contribution >= 0.6 is 11.3 Å². The van der Waals surface area contributed by atoms with Crippen LogP contribution in [-0.4, -0.2) is 22.0 Å². The van der Waals surface area contributed by atoms with Crippen LogP contribution in [0, 0.1) is 0 Å². The van der Waals surface area contributed by atoms with E-state index in [4.69, 9.17) is 0 Å². The zero-order valence-corrected chi connectivity index (χ0v) is 14.3. The number of nitrogens with one attached hydrogen (secondary N) is 1. The van der Waals surface area contributed by atoms with Crippen LogP contribution in [0.2, 0.25) is 0 Å². The molecule has 25 heavy (non-hydrogen) atoms. The van der Waals surface area contributed by atoms with Crippen molar-refractivity contribution < 1.29 is 4.79 Å². The maximum absolute atomic E-state index is 12.2. The Morgan fingerprint density at radius 2 is 2.04 bits per heavy atom. The van der Waals surface area contributed by atoms with Crippen LogP contribution in [0.1, 0.15) is 4.88 Å². The molecule has 0 saturated heterocycles. The van der Waals surface area contributed by atoms with Crippen LogP contribution in [0.25, 0.3) is 17.3 Å². The van der Waals surface area contributed by atoms with E-state index in [1.807, 2.05) is 47.8 Å². The zero-order valence-electron chi connectivity index (χ0n) is 13.5. The van der Waals surface area contributed by atoms with E-state index in [2.05, 4.69) is 10.3 Å². The maximum atomic E-state index is 12.2. The van der Waals surface area contributed by atoms with Gasteiger partial charge in [0.25, 0.3) is 5.56 Å². The standard InChI is InChI=1S/C19H17N3O2S/c23-18(9-8-16-7-4-12-25-16)20-10-11-22-14-21-17(13-19(22)24)15-5-2-1-3-6-15/h1-9,12-14H,10-11H2,(H,20,23)/b9-8+. The number of benzene rings is 1. The fourth-order valence-corrected chi connectivity index (χ4v) is 2.88. The number of nitrogens with zero attached hydrogens (tertiary/aromatic N) is 2. The molecule has 0 saturated carbocycles. The molecular weight excluding hydrogens is 334 g/mol. The summed E-state index contributed by atoms with van der Waals surface area (Å²) >= 11 is 1.57. The number of rotatable bonds is 6. The van der Waals surface area contributed by atoms with Crippen molar-refractivity contribution in [2.45, 2.75) is 6.54 Å². The van der Waals surface area contributed by atoms with Crippen molar-refractivity contribution in [3.63, 3.8) is 0 Å². The number of carbonyl (C=O) groups is 1. The summed E-state index contributed by atoms with van der Waals surface area (Å²) in [5, 5.41) is 4.71. The highest BCUT2D eigenvalue weighted by molar-refractivity contribution is 7.10. The number of carbonyl (C=O) groups excluding carboxylic acids is 1. The SMILES string of the molecule is O=C(/C=C/c1cccs1)NCCn1cnc(-c2ccccc2)cc1=O. The molecule has 0 radical (unpaired) electrons. The number of aromatic nitrogens is 2. The Hall–Kier alpha value is -2.99. The van der Waals surface area contributed by atoms with Crippen molar-refractivity contribution >= 4 is 23.3 Å². The van der Waals surface area contributed by atoms with Crippen LogP contribution in [0.5, 0.6) is 0 Å². The van der Waals surface area contributed by atoms with E-state index in [1.54, 1.807) is 17.4 Å². The second kappa shape index (κ2) is 8.21. The average molecular weight is 351 g/mol. The van der Waals surface area contributed by atoms with Gasteiger partial charge in [0.1, 0.15) is 0 Å². The molecule has 1 aromatic carbocycles. The lowest BCUT2D eigenvalue weighted by Crippen LogP contribution is -2.29. The lowest BCUT2D eigenvalue weighted by molar-refractivity contribution is -0.116. The normalized spacial score (nSPS) is 10.9. The quantitative estimate of drug-likeness (QED) is 0.695. The number of hydrogen-bond donors (Lipinski definition) is 1. The molecular formula is C19H17N3O2S. The third-order valence-electron chi connectivity index (χ3n) is 3.54. The van der Waals surface area contributed by atoms with Gasteiger partial charge in [-0.05, 0) is 17.5 Å². The topological polar surface area (TPSA) is 64.0 Å². The summed E-state index contributed by atoms with van der Waals surface area (Å²) in [4.78, 5) is 29.3. The highest BCUT2D eigenvalue weighted by atomic mass is 32.1. The first kappa shape index (κ1) is 16.9. The summed E-state index contributed by atoms with van der Waals surface area (Å²) in [6, 6.07) is 14.9. The number of hydrogen-bond acceptors (Lipinski definition) is 4. The monoisotopic (exact) mass is 351 g/mol.